The van der Waals surface area contributed by atoms with Crippen LogP contribution in [-0.2, 0) is 11.3 Å². The second-order valence-corrected chi connectivity index (χ2v) is 6.54. The summed E-state index contributed by atoms with van der Waals surface area (Å²) in [4.78, 5) is 13.5. The molecule has 1 saturated carbocycles. The van der Waals surface area contributed by atoms with Crippen LogP contribution in [0.5, 0.6) is 0 Å². The average Bonchev–Trinajstić information content (AvgIpc) is 3.04. The zero-order valence-electron chi connectivity index (χ0n) is 13.8. The van der Waals surface area contributed by atoms with Gasteiger partial charge in [-0.15, -0.1) is 22.6 Å². The molecule has 0 aliphatic heterocycles. The molecule has 1 aromatic heterocycles. The number of carbonyl (C=O) groups is 1. The van der Waals surface area contributed by atoms with E-state index < -0.39 is 0 Å². The number of hydrogen-bond donors (Lipinski definition) is 2. The van der Waals surface area contributed by atoms with E-state index in [2.05, 4.69) is 20.7 Å². The number of nitrogens with two attached hydrogens (primary N) is 1. The van der Waals surface area contributed by atoms with Gasteiger partial charge in [0.05, 0.1) is 0 Å². The maximum absolute atomic E-state index is 12.2. The molecule has 2 aromatic rings. The van der Waals surface area contributed by atoms with Gasteiger partial charge in [0, 0.05) is 16.6 Å². The van der Waals surface area contributed by atoms with E-state index in [9.17, 15) is 4.79 Å². The highest BCUT2D eigenvalue weighted by Gasteiger charge is 2.25. The normalized spacial score (nSPS) is 19.9. The van der Waals surface area contributed by atoms with Crippen LogP contribution in [-0.4, -0.2) is 38.7 Å². The molecule has 1 aromatic carbocycles. The van der Waals surface area contributed by atoms with Gasteiger partial charge in [-0.05, 0) is 54.8 Å². The first-order valence-electron chi connectivity index (χ1n) is 8.19. The van der Waals surface area contributed by atoms with Crippen LogP contribution in [0.3, 0.4) is 0 Å². The largest absolute Gasteiger partial charge is 0.351 e. The quantitative estimate of drug-likeness (QED) is 0.821. The van der Waals surface area contributed by atoms with Gasteiger partial charge < -0.3 is 11.1 Å². The minimum Gasteiger partial charge on any atom is -0.351 e. The molecule has 1 amide bonds. The molecule has 0 radical (unpaired) electrons. The fraction of sp³-hybridized carbons (Fsp3) is 0.500. The zero-order valence-corrected chi connectivity index (χ0v) is 15.3. The number of benzene rings is 1. The number of nitrogens with zero attached hydrogens (tertiary/aromatic N) is 4. The van der Waals surface area contributed by atoms with Crippen molar-refractivity contribution < 1.29 is 4.79 Å². The standard InChI is InChI=1S/C16H21ClN6O.ClH/c17-13-7-5-11(6-8-13)16-20-22-23(21-16)10-15(24)19-14-4-2-1-3-12(14)9-18;/h5-8,12,14H,1-4,9-10,18H2,(H,19,24);1H. The first kappa shape index (κ1) is 19.6. The van der Waals surface area contributed by atoms with Crippen LogP contribution >= 0.6 is 24.0 Å². The molecule has 9 heteroatoms. The molecule has 1 fully saturated rings. The number of carbonyl (C=O) groups excluding carboxylic acids is 1. The third kappa shape index (κ3) is 5.14. The van der Waals surface area contributed by atoms with Crippen molar-refractivity contribution in [1.29, 1.82) is 0 Å². The Labute approximate surface area is 157 Å². The van der Waals surface area contributed by atoms with E-state index >= 15 is 0 Å². The first-order chi connectivity index (χ1) is 11.7. The maximum atomic E-state index is 12.2. The van der Waals surface area contributed by atoms with Crippen LogP contribution in [0.2, 0.25) is 5.02 Å². The molecule has 2 atom stereocenters. The van der Waals surface area contributed by atoms with Crippen LogP contribution in [0.15, 0.2) is 24.3 Å². The smallest absolute Gasteiger partial charge is 0.243 e. The lowest BCUT2D eigenvalue weighted by Gasteiger charge is -2.31. The number of halogens is 2. The lowest BCUT2D eigenvalue weighted by atomic mass is 9.84. The first-order valence-corrected chi connectivity index (χ1v) is 8.56. The Kier molecular flexibility index (Phi) is 7.16. The number of rotatable bonds is 5. The molecule has 1 heterocycles. The number of aromatic nitrogens is 4. The minimum atomic E-state index is -0.111. The number of tetrazole rings is 1. The molecule has 25 heavy (non-hydrogen) atoms. The Morgan fingerprint density at radius 1 is 1.28 bits per heavy atom. The predicted octanol–water partition coefficient (Wildman–Crippen LogP) is 2.05. The summed E-state index contributed by atoms with van der Waals surface area (Å²) in [5, 5.41) is 15.9. The van der Waals surface area contributed by atoms with Crippen molar-refractivity contribution in [2.45, 2.75) is 38.3 Å². The summed E-state index contributed by atoms with van der Waals surface area (Å²) in [5.41, 5.74) is 6.61. The summed E-state index contributed by atoms with van der Waals surface area (Å²) >= 11 is 5.87. The van der Waals surface area contributed by atoms with E-state index in [0.717, 1.165) is 24.8 Å². The van der Waals surface area contributed by atoms with Gasteiger partial charge in [0.25, 0.3) is 0 Å². The Balaban J connectivity index is 0.00000225. The van der Waals surface area contributed by atoms with E-state index in [4.69, 9.17) is 17.3 Å². The van der Waals surface area contributed by atoms with Crippen LogP contribution in [0.1, 0.15) is 25.7 Å². The highest BCUT2D eigenvalue weighted by Crippen LogP contribution is 2.23. The summed E-state index contributed by atoms with van der Waals surface area (Å²) in [5.74, 6) is 0.716. The van der Waals surface area contributed by atoms with Gasteiger partial charge in [-0.1, -0.05) is 24.4 Å². The molecule has 136 valence electrons. The number of hydrogen-bond acceptors (Lipinski definition) is 5. The van der Waals surface area contributed by atoms with Crippen molar-refractivity contribution in [3.63, 3.8) is 0 Å². The molecular weight excluding hydrogens is 363 g/mol. The van der Waals surface area contributed by atoms with E-state index in [-0.39, 0.29) is 30.9 Å². The van der Waals surface area contributed by atoms with Crippen molar-refractivity contribution in [1.82, 2.24) is 25.5 Å². The Bertz CT molecular complexity index is 690. The molecule has 0 bridgehead atoms. The monoisotopic (exact) mass is 384 g/mol. The maximum Gasteiger partial charge on any atom is 0.243 e. The lowest BCUT2D eigenvalue weighted by Crippen LogP contribution is -2.45. The van der Waals surface area contributed by atoms with Crippen molar-refractivity contribution in [3.05, 3.63) is 29.3 Å². The molecule has 1 aliphatic carbocycles. The van der Waals surface area contributed by atoms with E-state index in [1.807, 2.05) is 12.1 Å². The second kappa shape index (κ2) is 9.12. The van der Waals surface area contributed by atoms with E-state index in [1.54, 1.807) is 12.1 Å². The van der Waals surface area contributed by atoms with Gasteiger partial charge in [0.1, 0.15) is 6.54 Å². The summed E-state index contributed by atoms with van der Waals surface area (Å²) < 4.78 is 0. The minimum absolute atomic E-state index is 0. The van der Waals surface area contributed by atoms with Crippen LogP contribution < -0.4 is 11.1 Å². The van der Waals surface area contributed by atoms with Crippen molar-refractivity contribution >= 4 is 29.9 Å². The third-order valence-electron chi connectivity index (χ3n) is 4.40. The van der Waals surface area contributed by atoms with Crippen molar-refractivity contribution in [3.8, 4) is 11.4 Å². The molecule has 0 spiro atoms. The fourth-order valence-electron chi connectivity index (χ4n) is 3.09. The summed E-state index contributed by atoms with van der Waals surface area (Å²) in [7, 11) is 0. The van der Waals surface area contributed by atoms with Crippen LogP contribution in [0.25, 0.3) is 11.4 Å². The molecule has 3 rings (SSSR count). The third-order valence-corrected chi connectivity index (χ3v) is 4.65. The molecule has 2 unspecified atom stereocenters. The van der Waals surface area contributed by atoms with Gasteiger partial charge in [-0.25, -0.2) is 0 Å². The Hall–Kier alpha value is -1.70. The molecular formula is C16H22Cl2N6O. The second-order valence-electron chi connectivity index (χ2n) is 6.10. The fourth-order valence-corrected chi connectivity index (χ4v) is 3.21. The topological polar surface area (TPSA) is 98.7 Å². The Morgan fingerprint density at radius 3 is 2.72 bits per heavy atom. The molecule has 0 saturated heterocycles. The predicted molar refractivity (Wildman–Crippen MR) is 98.5 cm³/mol. The van der Waals surface area contributed by atoms with Gasteiger partial charge in [-0.2, -0.15) is 4.80 Å². The van der Waals surface area contributed by atoms with Crippen LogP contribution in [0.4, 0.5) is 0 Å². The molecule has 7 nitrogen and oxygen atoms in total. The highest BCUT2D eigenvalue weighted by molar-refractivity contribution is 6.30. The van der Waals surface area contributed by atoms with Gasteiger partial charge >= 0.3 is 0 Å². The van der Waals surface area contributed by atoms with Crippen molar-refractivity contribution in [2.75, 3.05) is 6.54 Å². The molecule has 1 aliphatic rings. The summed E-state index contributed by atoms with van der Waals surface area (Å²) in [6, 6.07) is 7.31. The van der Waals surface area contributed by atoms with Gasteiger partial charge in [-0.3, -0.25) is 4.79 Å². The lowest BCUT2D eigenvalue weighted by molar-refractivity contribution is -0.123. The highest BCUT2D eigenvalue weighted by atomic mass is 35.5. The van der Waals surface area contributed by atoms with Crippen molar-refractivity contribution in [2.24, 2.45) is 11.7 Å². The van der Waals surface area contributed by atoms with Gasteiger partial charge in [0.2, 0.25) is 11.7 Å². The number of amides is 1. The zero-order chi connectivity index (χ0) is 16.9. The average molecular weight is 385 g/mol. The summed E-state index contributed by atoms with van der Waals surface area (Å²) in [6.07, 6.45) is 4.37. The summed E-state index contributed by atoms with van der Waals surface area (Å²) in [6.45, 7) is 0.654. The van der Waals surface area contributed by atoms with Gasteiger partial charge in [0.15, 0.2) is 0 Å². The Morgan fingerprint density at radius 2 is 2.00 bits per heavy atom. The van der Waals surface area contributed by atoms with E-state index in [1.165, 1.54) is 11.2 Å². The SMILES string of the molecule is Cl.NCC1CCCCC1NC(=O)Cn1nnc(-c2ccc(Cl)cc2)n1. The van der Waals surface area contributed by atoms with Crippen LogP contribution in [0, 0.1) is 5.92 Å². The molecule has 3 N–H and O–H groups in total. The number of nitrogens with one attached hydrogen (secondary N) is 1. The van der Waals surface area contributed by atoms with E-state index in [0.29, 0.717) is 23.3 Å².